The van der Waals surface area contributed by atoms with E-state index in [0.29, 0.717) is 5.92 Å². The summed E-state index contributed by atoms with van der Waals surface area (Å²) >= 11 is 0. The van der Waals surface area contributed by atoms with E-state index in [9.17, 15) is 5.11 Å². The van der Waals surface area contributed by atoms with E-state index in [-0.39, 0.29) is 0 Å². The molecule has 0 aromatic heterocycles. The van der Waals surface area contributed by atoms with Crippen molar-refractivity contribution in [2.75, 3.05) is 33.7 Å². The van der Waals surface area contributed by atoms with Gasteiger partial charge in [-0.15, -0.1) is 0 Å². The van der Waals surface area contributed by atoms with Gasteiger partial charge in [-0.3, -0.25) is 0 Å². The number of hydrogen-bond donors (Lipinski definition) is 2. The second-order valence-electron chi connectivity index (χ2n) is 4.27. The average Bonchev–Trinajstić information content (AvgIpc) is 1.92. The van der Waals surface area contributed by atoms with Crippen molar-refractivity contribution in [2.24, 2.45) is 5.92 Å². The third-order valence-corrected chi connectivity index (χ3v) is 2.66. The van der Waals surface area contributed by atoms with Crippen LogP contribution in [0.3, 0.4) is 0 Å². The second-order valence-corrected chi connectivity index (χ2v) is 4.27. The Labute approximate surface area is 74.8 Å². The maximum atomic E-state index is 10.0. The molecular formula is C9H20N2O. The fraction of sp³-hybridized carbons (Fsp3) is 1.00. The van der Waals surface area contributed by atoms with E-state index in [2.05, 4.69) is 10.2 Å². The second kappa shape index (κ2) is 3.73. The van der Waals surface area contributed by atoms with Gasteiger partial charge >= 0.3 is 0 Å². The molecule has 1 aliphatic heterocycles. The zero-order valence-electron chi connectivity index (χ0n) is 8.30. The summed E-state index contributed by atoms with van der Waals surface area (Å²) in [6, 6.07) is 0. The molecule has 1 heterocycles. The Kier molecular flexibility index (Phi) is 3.09. The van der Waals surface area contributed by atoms with E-state index in [0.717, 1.165) is 26.1 Å². The number of aliphatic hydroxyl groups is 1. The van der Waals surface area contributed by atoms with Crippen LogP contribution in [0, 0.1) is 5.92 Å². The first-order valence-electron chi connectivity index (χ1n) is 4.60. The predicted octanol–water partition coefficient (Wildman–Crippen LogP) is -0.0915. The van der Waals surface area contributed by atoms with Gasteiger partial charge in [-0.1, -0.05) is 0 Å². The number of rotatable bonds is 2. The summed E-state index contributed by atoms with van der Waals surface area (Å²) in [6.07, 6.45) is 0.867. The molecule has 2 unspecified atom stereocenters. The molecule has 0 saturated carbocycles. The lowest BCUT2D eigenvalue weighted by Gasteiger charge is -2.38. The van der Waals surface area contributed by atoms with Crippen molar-refractivity contribution in [1.82, 2.24) is 10.2 Å². The topological polar surface area (TPSA) is 35.5 Å². The van der Waals surface area contributed by atoms with Gasteiger partial charge in [0.15, 0.2) is 0 Å². The molecule has 0 spiro atoms. The zero-order valence-corrected chi connectivity index (χ0v) is 8.30. The fourth-order valence-electron chi connectivity index (χ4n) is 1.74. The van der Waals surface area contributed by atoms with E-state index in [4.69, 9.17) is 0 Å². The van der Waals surface area contributed by atoms with E-state index < -0.39 is 5.60 Å². The Balaban J connectivity index is 2.48. The van der Waals surface area contributed by atoms with Crippen molar-refractivity contribution in [3.63, 3.8) is 0 Å². The van der Waals surface area contributed by atoms with Gasteiger partial charge in [0.05, 0.1) is 5.60 Å². The quantitative estimate of drug-likeness (QED) is 0.611. The molecule has 1 rings (SSSR count). The summed E-state index contributed by atoms with van der Waals surface area (Å²) in [5, 5.41) is 13.3. The summed E-state index contributed by atoms with van der Waals surface area (Å²) in [5.41, 5.74) is -0.477. The van der Waals surface area contributed by atoms with Crippen LogP contribution in [0.1, 0.15) is 13.3 Å². The van der Waals surface area contributed by atoms with Crippen molar-refractivity contribution in [1.29, 1.82) is 0 Å². The fourth-order valence-corrected chi connectivity index (χ4v) is 1.74. The minimum Gasteiger partial charge on any atom is -0.390 e. The molecule has 0 amide bonds. The van der Waals surface area contributed by atoms with Crippen LogP contribution < -0.4 is 5.32 Å². The predicted molar refractivity (Wildman–Crippen MR) is 50.2 cm³/mol. The van der Waals surface area contributed by atoms with Crippen molar-refractivity contribution in [3.8, 4) is 0 Å². The minimum atomic E-state index is -0.477. The van der Waals surface area contributed by atoms with Crippen molar-refractivity contribution >= 4 is 0 Å². The van der Waals surface area contributed by atoms with Crippen molar-refractivity contribution < 1.29 is 5.11 Å². The average molecular weight is 172 g/mol. The van der Waals surface area contributed by atoms with Crippen LogP contribution in [0.2, 0.25) is 0 Å². The zero-order chi connectivity index (χ0) is 9.19. The highest BCUT2D eigenvalue weighted by Gasteiger charge is 2.34. The first-order chi connectivity index (χ1) is 5.52. The lowest BCUT2D eigenvalue weighted by molar-refractivity contribution is -0.0319. The number of nitrogens with one attached hydrogen (secondary N) is 1. The molecule has 0 aromatic rings. The lowest BCUT2D eigenvalue weighted by atomic mass is 9.83. The van der Waals surface area contributed by atoms with Gasteiger partial charge in [0.1, 0.15) is 0 Å². The maximum absolute atomic E-state index is 10.0. The van der Waals surface area contributed by atoms with Gasteiger partial charge in [0.25, 0.3) is 0 Å². The molecule has 72 valence electrons. The van der Waals surface area contributed by atoms with E-state index in [1.807, 2.05) is 21.0 Å². The molecule has 3 heteroatoms. The van der Waals surface area contributed by atoms with E-state index >= 15 is 0 Å². The Morgan fingerprint density at radius 3 is 2.75 bits per heavy atom. The molecule has 3 nitrogen and oxygen atoms in total. The van der Waals surface area contributed by atoms with Crippen molar-refractivity contribution in [3.05, 3.63) is 0 Å². The highest BCUT2D eigenvalue weighted by molar-refractivity contribution is 4.89. The largest absolute Gasteiger partial charge is 0.390 e. The van der Waals surface area contributed by atoms with Gasteiger partial charge in [-0.2, -0.15) is 0 Å². The monoisotopic (exact) mass is 172 g/mol. The summed E-state index contributed by atoms with van der Waals surface area (Å²) in [4.78, 5) is 2.13. The van der Waals surface area contributed by atoms with E-state index in [1.54, 1.807) is 0 Å². The smallest absolute Gasteiger partial charge is 0.0684 e. The van der Waals surface area contributed by atoms with Crippen LogP contribution in [-0.2, 0) is 0 Å². The number of nitrogens with zero attached hydrogens (tertiary/aromatic N) is 1. The summed E-state index contributed by atoms with van der Waals surface area (Å²) < 4.78 is 0. The molecule has 0 bridgehead atoms. The Morgan fingerprint density at radius 2 is 2.25 bits per heavy atom. The maximum Gasteiger partial charge on any atom is 0.0684 e. The molecule has 1 saturated heterocycles. The minimum absolute atomic E-state index is 0.362. The van der Waals surface area contributed by atoms with Gasteiger partial charge in [0, 0.05) is 19.0 Å². The molecule has 12 heavy (non-hydrogen) atoms. The number of hydrogen-bond acceptors (Lipinski definition) is 3. The standard InChI is InChI=1S/C9H20N2O/c1-9(12)4-5-10-6-8(9)7-11(2)3/h8,10,12H,4-7H2,1-3H3. The van der Waals surface area contributed by atoms with Crippen LogP contribution in [0.15, 0.2) is 0 Å². The number of piperidine rings is 1. The van der Waals surface area contributed by atoms with Gasteiger partial charge in [-0.25, -0.2) is 0 Å². The van der Waals surface area contributed by atoms with Crippen molar-refractivity contribution in [2.45, 2.75) is 18.9 Å². The SMILES string of the molecule is CN(C)CC1CNCCC1(C)O. The van der Waals surface area contributed by atoms with E-state index in [1.165, 1.54) is 0 Å². The van der Waals surface area contributed by atoms with Crippen LogP contribution in [0.25, 0.3) is 0 Å². The Hall–Kier alpha value is -0.120. The highest BCUT2D eigenvalue weighted by Crippen LogP contribution is 2.23. The third kappa shape index (κ3) is 2.44. The Bertz CT molecular complexity index is 145. The lowest BCUT2D eigenvalue weighted by Crippen LogP contribution is -2.51. The molecule has 2 N–H and O–H groups in total. The first kappa shape index (κ1) is 9.96. The molecule has 2 atom stereocenters. The van der Waals surface area contributed by atoms with Crippen LogP contribution >= 0.6 is 0 Å². The molecular weight excluding hydrogens is 152 g/mol. The van der Waals surface area contributed by atoms with Crippen LogP contribution in [0.5, 0.6) is 0 Å². The van der Waals surface area contributed by atoms with Gasteiger partial charge in [-0.05, 0) is 34.0 Å². The van der Waals surface area contributed by atoms with Crippen LogP contribution in [-0.4, -0.2) is 49.3 Å². The molecule has 1 aliphatic rings. The van der Waals surface area contributed by atoms with Gasteiger partial charge in [0.2, 0.25) is 0 Å². The molecule has 0 aliphatic carbocycles. The first-order valence-corrected chi connectivity index (χ1v) is 4.60. The summed E-state index contributed by atoms with van der Waals surface area (Å²) in [5.74, 6) is 0.362. The summed E-state index contributed by atoms with van der Waals surface area (Å²) in [7, 11) is 4.09. The van der Waals surface area contributed by atoms with Gasteiger partial charge < -0.3 is 15.3 Å². The molecule has 1 fully saturated rings. The Morgan fingerprint density at radius 1 is 1.58 bits per heavy atom. The third-order valence-electron chi connectivity index (χ3n) is 2.66. The normalized spacial score (nSPS) is 37.2. The highest BCUT2D eigenvalue weighted by atomic mass is 16.3. The summed E-state index contributed by atoms with van der Waals surface area (Å²) in [6.45, 7) is 4.78. The molecule has 0 radical (unpaired) electrons. The molecule has 0 aromatic carbocycles. The van der Waals surface area contributed by atoms with Crippen LogP contribution in [0.4, 0.5) is 0 Å².